The van der Waals surface area contributed by atoms with E-state index in [0.717, 1.165) is 5.92 Å². The van der Waals surface area contributed by atoms with Crippen LogP contribution in [0.2, 0.25) is 0 Å². The van der Waals surface area contributed by atoms with Crippen LogP contribution in [0.5, 0.6) is 0 Å². The van der Waals surface area contributed by atoms with Gasteiger partial charge in [0.1, 0.15) is 0 Å². The van der Waals surface area contributed by atoms with Crippen molar-refractivity contribution in [2.75, 3.05) is 0 Å². The maximum atomic E-state index is 2.20. The highest BCUT2D eigenvalue weighted by Crippen LogP contribution is 2.11. The molecule has 0 N–H and O–H groups in total. The monoisotopic (exact) mass is 249 g/mol. The molecule has 1 aromatic carbocycles. The Morgan fingerprint density at radius 3 is 1.11 bits per heavy atom. The Balaban J connectivity index is -0.0000000937. The average Bonchev–Trinajstić information content (AvgIpc) is 2.34. The first kappa shape index (κ1) is 26.0. The minimum atomic E-state index is 0. The standard InChI is InChI=1S/C9H12.C4H10.2C2H6.B/c1-8(2)9-6-4-3-5-7-9;1-4(2)3;2*1-2;/h3-8H,1-2H3;4H,1-3H3;2*1-2H3;. The van der Waals surface area contributed by atoms with Crippen LogP contribution in [0.25, 0.3) is 0 Å². The maximum Gasteiger partial charge on any atom is 0 e. The van der Waals surface area contributed by atoms with Crippen LogP contribution in [-0.2, 0) is 0 Å². The zero-order chi connectivity index (χ0) is 14.3. The van der Waals surface area contributed by atoms with E-state index in [1.54, 1.807) is 0 Å². The molecule has 0 heterocycles. The predicted molar refractivity (Wildman–Crippen MR) is 89.5 cm³/mol. The van der Waals surface area contributed by atoms with Crippen LogP contribution in [0.4, 0.5) is 0 Å². The number of benzene rings is 1. The first-order valence-corrected chi connectivity index (χ1v) is 7.09. The van der Waals surface area contributed by atoms with Gasteiger partial charge in [-0.25, -0.2) is 0 Å². The molecule has 0 saturated heterocycles. The number of hydrogen-bond donors (Lipinski definition) is 0. The van der Waals surface area contributed by atoms with E-state index in [2.05, 4.69) is 58.9 Å². The minimum Gasteiger partial charge on any atom is -0.0683 e. The Bertz CT molecular complexity index is 199. The Kier molecular flexibility index (Phi) is 31.1. The van der Waals surface area contributed by atoms with Crippen LogP contribution in [0.1, 0.15) is 73.8 Å². The van der Waals surface area contributed by atoms with E-state index in [1.807, 2.05) is 33.8 Å². The van der Waals surface area contributed by atoms with Crippen LogP contribution in [-0.4, -0.2) is 8.41 Å². The zero-order valence-corrected chi connectivity index (χ0v) is 14.1. The minimum absolute atomic E-state index is 0. The van der Waals surface area contributed by atoms with Crippen molar-refractivity contribution in [3.05, 3.63) is 35.9 Å². The summed E-state index contributed by atoms with van der Waals surface area (Å²) in [6.07, 6.45) is 0. The first-order valence-electron chi connectivity index (χ1n) is 7.09. The molecule has 105 valence electrons. The fourth-order valence-electron chi connectivity index (χ4n) is 0.838. The van der Waals surface area contributed by atoms with Gasteiger partial charge < -0.3 is 0 Å². The van der Waals surface area contributed by atoms with Gasteiger partial charge in [-0.15, -0.1) is 0 Å². The Morgan fingerprint density at radius 2 is 0.944 bits per heavy atom. The van der Waals surface area contributed by atoms with Gasteiger partial charge in [-0.2, -0.15) is 0 Å². The van der Waals surface area contributed by atoms with Gasteiger partial charge in [-0.3, -0.25) is 0 Å². The van der Waals surface area contributed by atoms with Gasteiger partial charge in [0, 0.05) is 8.41 Å². The third-order valence-electron chi connectivity index (χ3n) is 1.47. The Hall–Kier alpha value is -0.715. The molecule has 0 aromatic heterocycles. The van der Waals surface area contributed by atoms with Gasteiger partial charge in [0.05, 0.1) is 0 Å². The molecule has 0 bridgehead atoms. The number of rotatable bonds is 1. The lowest BCUT2D eigenvalue weighted by molar-refractivity contribution is 0.737. The second-order valence-electron chi connectivity index (χ2n) is 4.30. The van der Waals surface area contributed by atoms with E-state index >= 15 is 0 Å². The highest BCUT2D eigenvalue weighted by molar-refractivity contribution is 5.75. The summed E-state index contributed by atoms with van der Waals surface area (Å²) in [6.45, 7) is 18.9. The smallest absolute Gasteiger partial charge is 0 e. The van der Waals surface area contributed by atoms with Crippen molar-refractivity contribution < 1.29 is 0 Å². The van der Waals surface area contributed by atoms with Gasteiger partial charge in [0.15, 0.2) is 0 Å². The van der Waals surface area contributed by atoms with Gasteiger partial charge in [-0.05, 0) is 17.4 Å². The molecule has 0 unspecified atom stereocenters. The van der Waals surface area contributed by atoms with Crippen molar-refractivity contribution in [2.24, 2.45) is 5.92 Å². The molecule has 0 nitrogen and oxygen atoms in total. The molecule has 0 aliphatic carbocycles. The highest BCUT2D eigenvalue weighted by Gasteiger charge is 1.93. The molecular weight excluding hydrogens is 215 g/mol. The summed E-state index contributed by atoms with van der Waals surface area (Å²) >= 11 is 0. The van der Waals surface area contributed by atoms with Crippen molar-refractivity contribution in [2.45, 2.75) is 68.2 Å². The molecule has 3 radical (unpaired) electrons. The Labute approximate surface area is 119 Å². The summed E-state index contributed by atoms with van der Waals surface area (Å²) in [5.41, 5.74) is 1.41. The van der Waals surface area contributed by atoms with Crippen LogP contribution in [0.3, 0.4) is 0 Å². The lowest BCUT2D eigenvalue weighted by Gasteiger charge is -2.01. The average molecular weight is 249 g/mol. The first-order chi connectivity index (χ1) is 8.04. The molecule has 18 heavy (non-hydrogen) atoms. The van der Waals surface area contributed by atoms with E-state index < -0.39 is 0 Å². The highest BCUT2D eigenvalue weighted by atomic mass is 14.0. The van der Waals surface area contributed by atoms with Gasteiger partial charge in [0.25, 0.3) is 0 Å². The zero-order valence-electron chi connectivity index (χ0n) is 14.1. The van der Waals surface area contributed by atoms with Gasteiger partial charge >= 0.3 is 0 Å². The van der Waals surface area contributed by atoms with Crippen LogP contribution in [0, 0.1) is 5.92 Å². The largest absolute Gasteiger partial charge is 0.0683 e. The van der Waals surface area contributed by atoms with Crippen LogP contribution < -0.4 is 0 Å². The molecule has 0 spiro atoms. The fraction of sp³-hybridized carbons (Fsp3) is 0.647. The molecule has 0 atom stereocenters. The quantitative estimate of drug-likeness (QED) is 0.524. The van der Waals surface area contributed by atoms with E-state index in [1.165, 1.54) is 5.56 Å². The van der Waals surface area contributed by atoms with Crippen molar-refractivity contribution in [3.8, 4) is 0 Å². The van der Waals surface area contributed by atoms with E-state index in [0.29, 0.717) is 5.92 Å². The van der Waals surface area contributed by atoms with Gasteiger partial charge in [0.2, 0.25) is 0 Å². The molecule has 1 heteroatoms. The number of hydrogen-bond acceptors (Lipinski definition) is 0. The third-order valence-corrected chi connectivity index (χ3v) is 1.47. The SMILES string of the molecule is CC.CC.CC(C)C.CC(C)c1ccccc1.[B]. The normalized spacial score (nSPS) is 7.72. The van der Waals surface area contributed by atoms with E-state index in [4.69, 9.17) is 0 Å². The summed E-state index contributed by atoms with van der Waals surface area (Å²) in [5, 5.41) is 0. The maximum absolute atomic E-state index is 2.20. The van der Waals surface area contributed by atoms with E-state index in [9.17, 15) is 0 Å². The Morgan fingerprint density at radius 1 is 0.667 bits per heavy atom. The van der Waals surface area contributed by atoms with Gasteiger partial charge in [-0.1, -0.05) is 92.6 Å². The molecule has 1 rings (SSSR count). The summed E-state index contributed by atoms with van der Waals surface area (Å²) < 4.78 is 0. The molecular formula is C17H34B. The van der Waals surface area contributed by atoms with Crippen molar-refractivity contribution in [3.63, 3.8) is 0 Å². The molecule has 0 amide bonds. The molecule has 0 fully saturated rings. The summed E-state index contributed by atoms with van der Waals surface area (Å²) in [4.78, 5) is 0. The third kappa shape index (κ3) is 24.5. The van der Waals surface area contributed by atoms with Crippen LogP contribution >= 0.6 is 0 Å². The summed E-state index contributed by atoms with van der Waals surface area (Å²) in [6, 6.07) is 10.5. The molecule has 0 aliphatic rings. The predicted octanol–water partition coefficient (Wildman–Crippen LogP) is 6.14. The summed E-state index contributed by atoms with van der Waals surface area (Å²) in [7, 11) is 0. The van der Waals surface area contributed by atoms with Crippen molar-refractivity contribution in [1.82, 2.24) is 0 Å². The molecule has 0 aliphatic heterocycles. The lowest BCUT2D eigenvalue weighted by Crippen LogP contribution is -1.83. The summed E-state index contributed by atoms with van der Waals surface area (Å²) in [5.74, 6) is 1.49. The van der Waals surface area contributed by atoms with Crippen LogP contribution in [0.15, 0.2) is 30.3 Å². The van der Waals surface area contributed by atoms with Crippen molar-refractivity contribution in [1.29, 1.82) is 0 Å². The lowest BCUT2D eigenvalue weighted by atomic mass is 10.0. The molecule has 0 saturated carbocycles. The fourth-order valence-corrected chi connectivity index (χ4v) is 0.838. The second kappa shape index (κ2) is 21.6. The topological polar surface area (TPSA) is 0 Å². The van der Waals surface area contributed by atoms with Crippen molar-refractivity contribution >= 4 is 8.41 Å². The molecule has 1 aromatic rings. The second-order valence-corrected chi connectivity index (χ2v) is 4.30. The van der Waals surface area contributed by atoms with E-state index in [-0.39, 0.29) is 8.41 Å².